The highest BCUT2D eigenvalue weighted by Crippen LogP contribution is 2.22. The number of hydrogen-bond donors (Lipinski definition) is 0. The molecule has 2 nitrogen and oxygen atoms in total. The highest BCUT2D eigenvalue weighted by molar-refractivity contribution is 7.72. The van der Waals surface area contributed by atoms with Gasteiger partial charge in [-0.15, -0.1) is 0 Å². The first-order valence-electron chi connectivity index (χ1n) is 6.06. The van der Waals surface area contributed by atoms with E-state index in [1.54, 1.807) is 0 Å². The van der Waals surface area contributed by atoms with Crippen LogP contribution in [0.1, 0.15) is 0 Å². The molecule has 0 unspecified atom stereocenters. The summed E-state index contributed by atoms with van der Waals surface area (Å²) in [6, 6.07) is 15.6. The Morgan fingerprint density at radius 2 is 1.75 bits per heavy atom. The smallest absolute Gasteiger partial charge is 0.185 e. The number of halogens is 1. The first kappa shape index (κ1) is 13.5. The molecule has 2 aromatic carbocycles. The van der Waals surface area contributed by atoms with Gasteiger partial charge in [-0.3, -0.25) is 4.57 Å². The second-order valence-corrected chi connectivity index (χ2v) is 5.67. The van der Waals surface area contributed by atoms with Gasteiger partial charge in [-0.05, 0) is 42.5 Å². The average Bonchev–Trinajstić information content (AvgIpc) is 2.45. The van der Waals surface area contributed by atoms with Gasteiger partial charge >= 0.3 is 0 Å². The normalized spacial score (nSPS) is 10.9. The topological polar surface area (TPSA) is 9.86 Å². The molecule has 100 valence electrons. The van der Waals surface area contributed by atoms with E-state index in [2.05, 4.69) is 0 Å². The van der Waals surface area contributed by atoms with Crippen molar-refractivity contribution in [3.05, 3.63) is 63.0 Å². The molecule has 5 heteroatoms. The van der Waals surface area contributed by atoms with E-state index >= 15 is 0 Å². The van der Waals surface area contributed by atoms with Gasteiger partial charge in [0.1, 0.15) is 4.64 Å². The molecule has 0 fully saturated rings. The van der Waals surface area contributed by atoms with Crippen molar-refractivity contribution >= 4 is 46.9 Å². The van der Waals surface area contributed by atoms with Gasteiger partial charge in [0.2, 0.25) is 0 Å². The maximum Gasteiger partial charge on any atom is 0.185 e. The molecule has 20 heavy (non-hydrogen) atoms. The minimum Gasteiger partial charge on any atom is -0.312 e. The van der Waals surface area contributed by atoms with E-state index in [1.807, 2.05) is 64.7 Å². The third-order valence-corrected chi connectivity index (χ3v) is 4.41. The molecular formula is C15H11ClN2S2. The van der Waals surface area contributed by atoms with Gasteiger partial charge in [-0.1, -0.05) is 42.0 Å². The van der Waals surface area contributed by atoms with Crippen LogP contribution in [-0.2, 0) is 7.05 Å². The summed E-state index contributed by atoms with van der Waals surface area (Å²) >= 11 is 17.1. The average molecular weight is 319 g/mol. The van der Waals surface area contributed by atoms with Crippen molar-refractivity contribution in [3.8, 4) is 5.69 Å². The summed E-state index contributed by atoms with van der Waals surface area (Å²) in [6.07, 6.45) is 0. The number of fused-ring (bicyclic) bond motifs is 1. The van der Waals surface area contributed by atoms with Crippen LogP contribution in [0.4, 0.5) is 0 Å². The van der Waals surface area contributed by atoms with Crippen molar-refractivity contribution in [3.63, 3.8) is 0 Å². The summed E-state index contributed by atoms with van der Waals surface area (Å²) in [6.45, 7) is 0. The van der Waals surface area contributed by atoms with Crippen LogP contribution >= 0.6 is 36.0 Å². The zero-order valence-corrected chi connectivity index (χ0v) is 13.1. The van der Waals surface area contributed by atoms with Gasteiger partial charge in [0, 0.05) is 23.1 Å². The number of rotatable bonds is 1. The predicted molar refractivity (Wildman–Crippen MR) is 88.9 cm³/mol. The zero-order valence-electron chi connectivity index (χ0n) is 10.7. The zero-order chi connectivity index (χ0) is 14.3. The van der Waals surface area contributed by atoms with Gasteiger partial charge in [-0.25, -0.2) is 0 Å². The van der Waals surface area contributed by atoms with Crippen molar-refractivity contribution in [1.29, 1.82) is 0 Å². The predicted octanol–water partition coefficient (Wildman–Crippen LogP) is 5.08. The van der Waals surface area contributed by atoms with Crippen molar-refractivity contribution < 1.29 is 0 Å². The van der Waals surface area contributed by atoms with Crippen LogP contribution in [0.2, 0.25) is 5.02 Å². The van der Waals surface area contributed by atoms with E-state index < -0.39 is 0 Å². The number of aromatic nitrogens is 2. The second-order valence-electron chi connectivity index (χ2n) is 4.48. The molecule has 0 aliphatic rings. The largest absolute Gasteiger partial charge is 0.312 e. The highest BCUT2D eigenvalue weighted by Gasteiger charge is 2.07. The van der Waals surface area contributed by atoms with Crippen LogP contribution in [0, 0.1) is 9.41 Å². The van der Waals surface area contributed by atoms with Crippen molar-refractivity contribution in [2.75, 3.05) is 0 Å². The molecule has 0 saturated carbocycles. The lowest BCUT2D eigenvalue weighted by molar-refractivity contribution is 0.804. The first-order chi connectivity index (χ1) is 9.59. The van der Waals surface area contributed by atoms with Gasteiger partial charge in [-0.2, -0.15) is 0 Å². The summed E-state index contributed by atoms with van der Waals surface area (Å²) in [5, 5.41) is 1.68. The van der Waals surface area contributed by atoms with Gasteiger partial charge < -0.3 is 4.57 Å². The van der Waals surface area contributed by atoms with E-state index in [0.717, 1.165) is 21.2 Å². The van der Waals surface area contributed by atoms with E-state index in [4.69, 9.17) is 36.0 Å². The molecule has 0 atom stereocenters. The molecule has 0 amide bonds. The van der Waals surface area contributed by atoms with E-state index in [1.165, 1.54) is 0 Å². The molecule has 3 rings (SSSR count). The Morgan fingerprint density at radius 3 is 2.50 bits per heavy atom. The molecule has 0 aliphatic carbocycles. The maximum atomic E-state index is 6.09. The van der Waals surface area contributed by atoms with Crippen LogP contribution < -0.4 is 0 Å². The van der Waals surface area contributed by atoms with Gasteiger partial charge in [0.25, 0.3) is 0 Å². The standard InChI is InChI=1S/C15H11ClN2S2/c1-17-14(19)12-7-2-3-8-13(12)18(15(17)20)11-6-4-5-10(16)9-11/h2-9H,1H3. The maximum absolute atomic E-state index is 6.09. The minimum atomic E-state index is 0.649. The third-order valence-electron chi connectivity index (χ3n) is 3.22. The van der Waals surface area contributed by atoms with Gasteiger partial charge in [0.05, 0.1) is 5.52 Å². The SMILES string of the molecule is Cn1c(=S)c2ccccc2n(-c2cccc(Cl)c2)c1=S. The monoisotopic (exact) mass is 318 g/mol. The Bertz CT molecular complexity index is 925. The molecule has 1 heterocycles. The highest BCUT2D eigenvalue weighted by atomic mass is 35.5. The lowest BCUT2D eigenvalue weighted by Gasteiger charge is -2.15. The lowest BCUT2D eigenvalue weighted by Crippen LogP contribution is -2.08. The Morgan fingerprint density at radius 1 is 1.00 bits per heavy atom. The summed E-state index contributed by atoms with van der Waals surface area (Å²) in [5.74, 6) is 0. The van der Waals surface area contributed by atoms with E-state index in [-0.39, 0.29) is 0 Å². The number of benzene rings is 2. The summed E-state index contributed by atoms with van der Waals surface area (Å²) in [7, 11) is 1.89. The second kappa shape index (κ2) is 5.13. The molecule has 1 aromatic heterocycles. The summed E-state index contributed by atoms with van der Waals surface area (Å²) in [4.78, 5) is 0. The molecule has 0 radical (unpaired) electrons. The van der Waals surface area contributed by atoms with Crippen LogP contribution in [-0.4, -0.2) is 9.13 Å². The lowest BCUT2D eigenvalue weighted by atomic mass is 10.2. The van der Waals surface area contributed by atoms with Crippen LogP contribution in [0.15, 0.2) is 48.5 Å². The van der Waals surface area contributed by atoms with Crippen molar-refractivity contribution in [2.45, 2.75) is 0 Å². The Labute approximate surface area is 131 Å². The Hall–Kier alpha value is -1.49. The Balaban J connectivity index is 2.54. The molecule has 0 spiro atoms. The molecule has 0 bridgehead atoms. The molecule has 0 saturated heterocycles. The van der Waals surface area contributed by atoms with E-state index in [9.17, 15) is 0 Å². The fraction of sp³-hybridized carbons (Fsp3) is 0.0667. The van der Waals surface area contributed by atoms with Crippen LogP contribution in [0.3, 0.4) is 0 Å². The van der Waals surface area contributed by atoms with E-state index in [0.29, 0.717) is 9.79 Å². The quantitative estimate of drug-likeness (QED) is 0.579. The molecule has 0 aliphatic heterocycles. The van der Waals surface area contributed by atoms with Crippen LogP contribution in [0.5, 0.6) is 0 Å². The molecule has 0 N–H and O–H groups in total. The number of para-hydroxylation sites is 1. The van der Waals surface area contributed by atoms with Crippen LogP contribution in [0.25, 0.3) is 16.6 Å². The fourth-order valence-corrected chi connectivity index (χ4v) is 3.03. The number of nitrogens with zero attached hydrogens (tertiary/aromatic N) is 2. The summed E-state index contributed by atoms with van der Waals surface area (Å²) in [5.41, 5.74) is 1.92. The van der Waals surface area contributed by atoms with Crippen molar-refractivity contribution in [1.82, 2.24) is 9.13 Å². The molecule has 3 aromatic rings. The van der Waals surface area contributed by atoms with Crippen molar-refractivity contribution in [2.24, 2.45) is 7.05 Å². The summed E-state index contributed by atoms with van der Waals surface area (Å²) < 4.78 is 5.22. The van der Waals surface area contributed by atoms with Gasteiger partial charge in [0.15, 0.2) is 4.77 Å². The minimum absolute atomic E-state index is 0.649. The fourth-order valence-electron chi connectivity index (χ4n) is 2.23. The third kappa shape index (κ3) is 2.10. The Kier molecular flexibility index (Phi) is 3.46. The molecular weight excluding hydrogens is 308 g/mol. The number of hydrogen-bond acceptors (Lipinski definition) is 2. The first-order valence-corrected chi connectivity index (χ1v) is 7.26.